The Morgan fingerprint density at radius 2 is 1.82 bits per heavy atom. The van der Waals surface area contributed by atoms with Crippen molar-refractivity contribution in [2.45, 2.75) is 18.4 Å². The average molecular weight is 400 g/mol. The van der Waals surface area contributed by atoms with E-state index >= 15 is 0 Å². The first kappa shape index (κ1) is 20.7. The number of carbonyl (C=O) groups is 1. The Labute approximate surface area is 172 Å². The Kier molecular flexibility index (Phi) is 7.36. The van der Waals surface area contributed by atoms with Crippen LogP contribution in [0.2, 0.25) is 0 Å². The summed E-state index contributed by atoms with van der Waals surface area (Å²) in [5, 5.41) is 3.05. The van der Waals surface area contributed by atoms with Gasteiger partial charge < -0.3 is 10.1 Å². The third kappa shape index (κ3) is 5.50. The predicted octanol–water partition coefficient (Wildman–Crippen LogP) is 3.48. The third-order valence-electron chi connectivity index (χ3n) is 5.04. The Balaban J connectivity index is 1.49. The van der Waals surface area contributed by atoms with Crippen molar-refractivity contribution in [3.63, 3.8) is 0 Å². The molecule has 0 aliphatic carbocycles. The van der Waals surface area contributed by atoms with E-state index in [0.29, 0.717) is 6.54 Å². The van der Waals surface area contributed by atoms with Gasteiger partial charge in [0.1, 0.15) is 5.75 Å². The lowest BCUT2D eigenvalue weighted by Gasteiger charge is -2.34. The number of thioether (sulfide) groups is 1. The normalized spacial score (nSPS) is 15.4. The fourth-order valence-corrected chi connectivity index (χ4v) is 4.07. The number of ether oxygens (including phenoxy) is 1. The number of anilines is 1. The molecule has 1 aliphatic rings. The Bertz CT molecular complexity index is 804. The van der Waals surface area contributed by atoms with Crippen molar-refractivity contribution in [3.05, 3.63) is 53.6 Å². The molecule has 0 aromatic heterocycles. The van der Waals surface area contributed by atoms with Crippen molar-refractivity contribution in [2.75, 3.05) is 51.4 Å². The quantitative estimate of drug-likeness (QED) is 0.722. The minimum absolute atomic E-state index is 0.0512. The van der Waals surface area contributed by atoms with Gasteiger partial charge in [-0.05, 0) is 31.4 Å². The fraction of sp³-hybridized carbons (Fsp3) is 0.409. The molecule has 0 spiro atoms. The van der Waals surface area contributed by atoms with Crippen molar-refractivity contribution >= 4 is 23.4 Å². The van der Waals surface area contributed by atoms with Gasteiger partial charge in [0, 0.05) is 43.2 Å². The number of aryl methyl sites for hydroxylation is 1. The van der Waals surface area contributed by atoms with Crippen LogP contribution in [-0.4, -0.2) is 61.8 Å². The van der Waals surface area contributed by atoms with Crippen molar-refractivity contribution in [1.29, 1.82) is 0 Å². The average Bonchev–Trinajstić information content (AvgIpc) is 2.70. The molecule has 0 bridgehead atoms. The maximum absolute atomic E-state index is 12.5. The van der Waals surface area contributed by atoms with E-state index < -0.39 is 0 Å². The first-order valence-electron chi connectivity index (χ1n) is 9.60. The van der Waals surface area contributed by atoms with Gasteiger partial charge in [-0.15, -0.1) is 11.8 Å². The summed E-state index contributed by atoms with van der Waals surface area (Å²) in [6.07, 6.45) is 2.02. The molecule has 1 amide bonds. The van der Waals surface area contributed by atoms with Crippen molar-refractivity contribution in [2.24, 2.45) is 0 Å². The molecule has 0 atom stereocenters. The molecule has 6 heteroatoms. The highest BCUT2D eigenvalue weighted by Crippen LogP contribution is 2.25. The van der Waals surface area contributed by atoms with E-state index in [-0.39, 0.29) is 5.91 Å². The summed E-state index contributed by atoms with van der Waals surface area (Å²) in [5.74, 6) is 0.996. The zero-order valence-corrected chi connectivity index (χ0v) is 17.7. The summed E-state index contributed by atoms with van der Waals surface area (Å²) < 4.78 is 5.50. The molecule has 28 heavy (non-hydrogen) atoms. The van der Waals surface area contributed by atoms with Gasteiger partial charge in [-0.1, -0.05) is 29.8 Å². The number of nitrogens with zero attached hydrogens (tertiary/aromatic N) is 2. The second kappa shape index (κ2) is 9.96. The number of rotatable bonds is 7. The first-order valence-corrected chi connectivity index (χ1v) is 10.8. The highest BCUT2D eigenvalue weighted by atomic mass is 32.2. The van der Waals surface area contributed by atoms with Crippen LogP contribution in [0.4, 0.5) is 5.69 Å². The fourth-order valence-electron chi connectivity index (χ4n) is 3.52. The van der Waals surface area contributed by atoms with E-state index in [4.69, 9.17) is 4.74 Å². The molecule has 3 rings (SSSR count). The van der Waals surface area contributed by atoms with Gasteiger partial charge in [-0.2, -0.15) is 0 Å². The van der Waals surface area contributed by atoms with Crippen LogP contribution in [0.25, 0.3) is 0 Å². The number of methoxy groups -OCH3 is 1. The van der Waals surface area contributed by atoms with E-state index in [9.17, 15) is 4.79 Å². The zero-order chi connectivity index (χ0) is 19.9. The maximum Gasteiger partial charge on any atom is 0.238 e. The SMILES string of the molecule is COc1ccc(C)cc1CN1CCN(CC(=O)Nc2ccccc2SC)CC1. The van der Waals surface area contributed by atoms with Crippen LogP contribution in [0.5, 0.6) is 5.75 Å². The van der Waals surface area contributed by atoms with Crippen molar-refractivity contribution < 1.29 is 9.53 Å². The lowest BCUT2D eigenvalue weighted by molar-refractivity contribution is -0.117. The minimum atomic E-state index is 0.0512. The van der Waals surface area contributed by atoms with Crippen LogP contribution in [0, 0.1) is 6.92 Å². The molecule has 1 N–H and O–H groups in total. The first-order chi connectivity index (χ1) is 13.6. The predicted molar refractivity (Wildman–Crippen MR) is 116 cm³/mol. The lowest BCUT2D eigenvalue weighted by atomic mass is 10.1. The molecule has 1 heterocycles. The molecule has 0 unspecified atom stereocenters. The maximum atomic E-state index is 12.5. The second-order valence-corrected chi connectivity index (χ2v) is 7.96. The largest absolute Gasteiger partial charge is 0.496 e. The topological polar surface area (TPSA) is 44.8 Å². The minimum Gasteiger partial charge on any atom is -0.496 e. The second-order valence-electron chi connectivity index (χ2n) is 7.12. The summed E-state index contributed by atoms with van der Waals surface area (Å²) in [6.45, 7) is 7.11. The van der Waals surface area contributed by atoms with E-state index in [1.165, 1.54) is 11.1 Å². The van der Waals surface area contributed by atoms with Gasteiger partial charge in [-0.3, -0.25) is 14.6 Å². The summed E-state index contributed by atoms with van der Waals surface area (Å²) >= 11 is 1.64. The Morgan fingerprint density at radius 1 is 1.11 bits per heavy atom. The van der Waals surface area contributed by atoms with Crippen LogP contribution >= 0.6 is 11.8 Å². The van der Waals surface area contributed by atoms with Gasteiger partial charge >= 0.3 is 0 Å². The molecule has 2 aromatic rings. The number of hydrogen-bond acceptors (Lipinski definition) is 5. The van der Waals surface area contributed by atoms with E-state index in [1.807, 2.05) is 36.6 Å². The molecular weight excluding hydrogens is 370 g/mol. The third-order valence-corrected chi connectivity index (χ3v) is 5.84. The molecular formula is C22H29N3O2S. The van der Waals surface area contributed by atoms with Crippen LogP contribution < -0.4 is 10.1 Å². The lowest BCUT2D eigenvalue weighted by Crippen LogP contribution is -2.48. The number of hydrogen-bond donors (Lipinski definition) is 1. The molecule has 0 saturated carbocycles. The number of carbonyl (C=O) groups excluding carboxylic acids is 1. The number of nitrogens with one attached hydrogen (secondary N) is 1. The van der Waals surface area contributed by atoms with Crippen LogP contribution in [-0.2, 0) is 11.3 Å². The van der Waals surface area contributed by atoms with Crippen molar-refractivity contribution in [1.82, 2.24) is 9.80 Å². The molecule has 1 saturated heterocycles. The van der Waals surface area contributed by atoms with Gasteiger partial charge in [0.15, 0.2) is 0 Å². The smallest absolute Gasteiger partial charge is 0.238 e. The van der Waals surface area contributed by atoms with E-state index in [2.05, 4.69) is 34.2 Å². The highest BCUT2D eigenvalue weighted by molar-refractivity contribution is 7.98. The summed E-state index contributed by atoms with van der Waals surface area (Å²) in [5.41, 5.74) is 3.36. The molecule has 5 nitrogen and oxygen atoms in total. The van der Waals surface area contributed by atoms with Gasteiger partial charge in [-0.25, -0.2) is 0 Å². The molecule has 150 valence electrons. The zero-order valence-electron chi connectivity index (χ0n) is 16.9. The summed E-state index contributed by atoms with van der Waals surface area (Å²) in [7, 11) is 1.72. The molecule has 1 aliphatic heterocycles. The van der Waals surface area contributed by atoms with Crippen molar-refractivity contribution in [3.8, 4) is 5.75 Å². The van der Waals surface area contributed by atoms with E-state index in [1.54, 1.807) is 18.9 Å². The number of para-hydroxylation sites is 1. The number of benzene rings is 2. The molecule has 0 radical (unpaired) electrons. The van der Waals surface area contributed by atoms with Crippen LogP contribution in [0.3, 0.4) is 0 Å². The number of amides is 1. The monoisotopic (exact) mass is 399 g/mol. The summed E-state index contributed by atoms with van der Waals surface area (Å²) in [4.78, 5) is 18.2. The number of piperazine rings is 1. The summed E-state index contributed by atoms with van der Waals surface area (Å²) in [6, 6.07) is 14.2. The van der Waals surface area contributed by atoms with Gasteiger partial charge in [0.2, 0.25) is 5.91 Å². The Hall–Kier alpha value is -2.02. The Morgan fingerprint density at radius 3 is 2.54 bits per heavy atom. The van der Waals surface area contributed by atoms with E-state index in [0.717, 1.165) is 49.1 Å². The highest BCUT2D eigenvalue weighted by Gasteiger charge is 2.20. The standard InChI is InChI=1S/C22H29N3O2S/c1-17-8-9-20(27-2)18(14-17)15-24-10-12-25(13-11-24)16-22(26)23-19-6-4-5-7-21(19)28-3/h4-9,14H,10-13,15-16H2,1-3H3,(H,23,26). The molecule has 1 fully saturated rings. The van der Waals surface area contributed by atoms with Crippen LogP contribution in [0.15, 0.2) is 47.4 Å². The van der Waals surface area contributed by atoms with Gasteiger partial charge in [0.05, 0.1) is 19.3 Å². The van der Waals surface area contributed by atoms with Gasteiger partial charge in [0.25, 0.3) is 0 Å². The van der Waals surface area contributed by atoms with Crippen LogP contribution in [0.1, 0.15) is 11.1 Å². The molecule has 2 aromatic carbocycles.